The van der Waals surface area contributed by atoms with Gasteiger partial charge in [0.05, 0.1) is 0 Å². The Morgan fingerprint density at radius 2 is 2.20 bits per heavy atom. The van der Waals surface area contributed by atoms with E-state index < -0.39 is 0 Å². The van der Waals surface area contributed by atoms with Crippen molar-refractivity contribution in [2.45, 2.75) is 25.8 Å². The van der Waals surface area contributed by atoms with Gasteiger partial charge in [-0.05, 0) is 38.0 Å². The predicted molar refractivity (Wildman–Crippen MR) is 64.1 cm³/mol. The molecule has 0 aliphatic heterocycles. The molecule has 0 bridgehead atoms. The van der Waals surface area contributed by atoms with Gasteiger partial charge >= 0.3 is 0 Å². The highest BCUT2D eigenvalue weighted by molar-refractivity contribution is 6.30. The van der Waals surface area contributed by atoms with Crippen LogP contribution < -0.4 is 5.73 Å². The second-order valence-corrected chi connectivity index (χ2v) is 4.31. The Kier molecular flexibility index (Phi) is 4.58. The molecule has 0 saturated heterocycles. The van der Waals surface area contributed by atoms with Crippen LogP contribution in [0, 0.1) is 0 Å². The summed E-state index contributed by atoms with van der Waals surface area (Å²) in [6.07, 6.45) is 0.793. The molecule has 0 spiro atoms. The molecule has 0 fully saturated rings. The monoisotopic (exact) mass is 227 g/mol. The second-order valence-electron chi connectivity index (χ2n) is 3.87. The lowest BCUT2D eigenvalue weighted by Crippen LogP contribution is -2.34. The van der Waals surface area contributed by atoms with Gasteiger partial charge in [-0.15, -0.1) is 0 Å². The van der Waals surface area contributed by atoms with E-state index in [0.29, 0.717) is 6.61 Å². The number of halogens is 1. The standard InChI is InChI=1S/C12H18ClNO/c1-3-15-8-7-12(2,14)10-5-4-6-11(13)9-10/h4-6,9H,3,7-8,14H2,1-2H3. The summed E-state index contributed by atoms with van der Waals surface area (Å²) in [4.78, 5) is 0. The number of benzene rings is 1. The smallest absolute Gasteiger partial charge is 0.0486 e. The van der Waals surface area contributed by atoms with Gasteiger partial charge in [0.25, 0.3) is 0 Å². The van der Waals surface area contributed by atoms with E-state index in [1.165, 1.54) is 0 Å². The number of hydrogen-bond donors (Lipinski definition) is 1. The Morgan fingerprint density at radius 1 is 1.47 bits per heavy atom. The van der Waals surface area contributed by atoms with Crippen molar-refractivity contribution in [1.82, 2.24) is 0 Å². The van der Waals surface area contributed by atoms with Crippen molar-refractivity contribution < 1.29 is 4.74 Å². The predicted octanol–water partition coefficient (Wildman–Crippen LogP) is 2.94. The van der Waals surface area contributed by atoms with Crippen LogP contribution in [0.25, 0.3) is 0 Å². The normalized spacial score (nSPS) is 14.9. The van der Waals surface area contributed by atoms with Crippen molar-refractivity contribution in [2.75, 3.05) is 13.2 Å². The molecule has 0 aliphatic rings. The summed E-state index contributed by atoms with van der Waals surface area (Å²) >= 11 is 5.93. The molecule has 84 valence electrons. The first-order valence-corrected chi connectivity index (χ1v) is 5.56. The minimum Gasteiger partial charge on any atom is -0.382 e. The van der Waals surface area contributed by atoms with E-state index in [1.54, 1.807) is 0 Å². The Labute approximate surface area is 96.4 Å². The SMILES string of the molecule is CCOCCC(C)(N)c1cccc(Cl)c1. The largest absolute Gasteiger partial charge is 0.382 e. The number of nitrogens with two attached hydrogens (primary N) is 1. The quantitative estimate of drug-likeness (QED) is 0.785. The van der Waals surface area contributed by atoms with Gasteiger partial charge in [0.2, 0.25) is 0 Å². The molecule has 1 unspecified atom stereocenters. The highest BCUT2D eigenvalue weighted by atomic mass is 35.5. The van der Waals surface area contributed by atoms with Crippen molar-refractivity contribution in [1.29, 1.82) is 0 Å². The highest BCUT2D eigenvalue weighted by Crippen LogP contribution is 2.24. The van der Waals surface area contributed by atoms with Crippen LogP contribution in [0.1, 0.15) is 25.8 Å². The maximum Gasteiger partial charge on any atom is 0.0486 e. The summed E-state index contributed by atoms with van der Waals surface area (Å²) in [6.45, 7) is 5.38. The summed E-state index contributed by atoms with van der Waals surface area (Å²) in [5.74, 6) is 0. The first-order valence-electron chi connectivity index (χ1n) is 5.19. The van der Waals surface area contributed by atoms with Crippen LogP contribution in [-0.2, 0) is 10.3 Å². The second kappa shape index (κ2) is 5.50. The summed E-state index contributed by atoms with van der Waals surface area (Å²) < 4.78 is 5.31. The van der Waals surface area contributed by atoms with Crippen LogP contribution in [0.5, 0.6) is 0 Å². The van der Waals surface area contributed by atoms with Crippen LogP contribution >= 0.6 is 11.6 Å². The fraction of sp³-hybridized carbons (Fsp3) is 0.500. The van der Waals surface area contributed by atoms with Crippen molar-refractivity contribution in [3.8, 4) is 0 Å². The molecule has 15 heavy (non-hydrogen) atoms. The van der Waals surface area contributed by atoms with Gasteiger partial charge in [0.15, 0.2) is 0 Å². The molecule has 2 nitrogen and oxygen atoms in total. The zero-order valence-electron chi connectivity index (χ0n) is 9.29. The Balaban J connectivity index is 2.67. The maximum atomic E-state index is 6.21. The molecule has 1 atom stereocenters. The van der Waals surface area contributed by atoms with E-state index in [9.17, 15) is 0 Å². The van der Waals surface area contributed by atoms with Gasteiger partial charge in [0, 0.05) is 23.8 Å². The third-order valence-electron chi connectivity index (χ3n) is 2.45. The molecule has 0 radical (unpaired) electrons. The van der Waals surface area contributed by atoms with Crippen LogP contribution in [0.2, 0.25) is 5.02 Å². The average molecular weight is 228 g/mol. The molecule has 3 heteroatoms. The summed E-state index contributed by atoms with van der Waals surface area (Å²) in [5.41, 5.74) is 6.88. The van der Waals surface area contributed by atoms with Crippen LogP contribution in [0.4, 0.5) is 0 Å². The van der Waals surface area contributed by atoms with Crippen LogP contribution in [-0.4, -0.2) is 13.2 Å². The van der Waals surface area contributed by atoms with E-state index in [4.69, 9.17) is 22.1 Å². The molecule has 1 aromatic carbocycles. The molecule has 2 N–H and O–H groups in total. The van der Waals surface area contributed by atoms with Gasteiger partial charge in [0.1, 0.15) is 0 Å². The van der Waals surface area contributed by atoms with Crippen molar-refractivity contribution in [2.24, 2.45) is 5.73 Å². The zero-order chi connectivity index (χ0) is 11.3. The van der Waals surface area contributed by atoms with Crippen LogP contribution in [0.3, 0.4) is 0 Å². The number of hydrogen-bond acceptors (Lipinski definition) is 2. The van der Waals surface area contributed by atoms with Crippen molar-refractivity contribution in [3.05, 3.63) is 34.9 Å². The van der Waals surface area contributed by atoms with E-state index in [2.05, 4.69) is 0 Å². The van der Waals surface area contributed by atoms with Gasteiger partial charge in [-0.3, -0.25) is 0 Å². The molecule has 1 rings (SSSR count). The topological polar surface area (TPSA) is 35.2 Å². The van der Waals surface area contributed by atoms with Gasteiger partial charge in [-0.2, -0.15) is 0 Å². The van der Waals surface area contributed by atoms with Crippen molar-refractivity contribution in [3.63, 3.8) is 0 Å². The lowest BCUT2D eigenvalue weighted by atomic mass is 9.90. The fourth-order valence-electron chi connectivity index (χ4n) is 1.42. The third-order valence-corrected chi connectivity index (χ3v) is 2.69. The van der Waals surface area contributed by atoms with E-state index in [0.717, 1.165) is 23.6 Å². The van der Waals surface area contributed by atoms with Gasteiger partial charge in [-0.25, -0.2) is 0 Å². The van der Waals surface area contributed by atoms with E-state index in [-0.39, 0.29) is 5.54 Å². The van der Waals surface area contributed by atoms with Crippen molar-refractivity contribution >= 4 is 11.6 Å². The first-order chi connectivity index (χ1) is 7.06. The number of rotatable bonds is 5. The highest BCUT2D eigenvalue weighted by Gasteiger charge is 2.20. The Hall–Kier alpha value is -0.570. The molecular formula is C12H18ClNO. The summed E-state index contributed by atoms with van der Waals surface area (Å²) in [6, 6.07) is 7.68. The van der Waals surface area contributed by atoms with Gasteiger partial charge < -0.3 is 10.5 Å². The first kappa shape index (κ1) is 12.5. The Morgan fingerprint density at radius 3 is 2.80 bits per heavy atom. The van der Waals surface area contributed by atoms with E-state index in [1.807, 2.05) is 38.1 Å². The Bertz CT molecular complexity index is 312. The lowest BCUT2D eigenvalue weighted by molar-refractivity contribution is 0.128. The molecule has 0 saturated carbocycles. The molecule has 0 amide bonds. The lowest BCUT2D eigenvalue weighted by Gasteiger charge is -2.25. The molecule has 0 aliphatic carbocycles. The summed E-state index contributed by atoms with van der Waals surface area (Å²) in [7, 11) is 0. The molecular weight excluding hydrogens is 210 g/mol. The minimum atomic E-state index is -0.375. The van der Waals surface area contributed by atoms with Crippen LogP contribution in [0.15, 0.2) is 24.3 Å². The maximum absolute atomic E-state index is 6.21. The fourth-order valence-corrected chi connectivity index (χ4v) is 1.61. The molecule has 0 heterocycles. The van der Waals surface area contributed by atoms with E-state index >= 15 is 0 Å². The molecule has 1 aromatic rings. The molecule has 0 aromatic heterocycles. The zero-order valence-corrected chi connectivity index (χ0v) is 10.1. The third kappa shape index (κ3) is 3.82. The number of ether oxygens (including phenoxy) is 1. The minimum absolute atomic E-state index is 0.375. The summed E-state index contributed by atoms with van der Waals surface area (Å²) in [5, 5.41) is 0.723. The van der Waals surface area contributed by atoms with Gasteiger partial charge in [-0.1, -0.05) is 23.7 Å². The average Bonchev–Trinajstić information content (AvgIpc) is 2.18.